The molecule has 0 fully saturated rings. The highest BCUT2D eigenvalue weighted by Crippen LogP contribution is 2.21. The van der Waals surface area contributed by atoms with Crippen LogP contribution in [0.1, 0.15) is 25.7 Å². The van der Waals surface area contributed by atoms with Crippen molar-refractivity contribution in [2.24, 2.45) is 0 Å². The second-order valence-electron chi connectivity index (χ2n) is 2.73. The van der Waals surface area contributed by atoms with Gasteiger partial charge in [-0.25, -0.2) is 9.18 Å². The van der Waals surface area contributed by atoms with Gasteiger partial charge in [-0.05, 0) is 31.3 Å². The van der Waals surface area contributed by atoms with Crippen LogP contribution in [0.25, 0.3) is 0 Å². The van der Waals surface area contributed by atoms with Crippen molar-refractivity contribution < 1.29 is 14.3 Å². The Kier molecular flexibility index (Phi) is 2.63. The minimum atomic E-state index is -1.77. The van der Waals surface area contributed by atoms with Crippen molar-refractivity contribution in [3.05, 3.63) is 11.6 Å². The molecule has 0 bridgehead atoms. The molecule has 0 spiro atoms. The lowest BCUT2D eigenvalue weighted by molar-refractivity contribution is -0.141. The topological polar surface area (TPSA) is 37.3 Å². The number of carbonyl (C=O) groups is 1. The zero-order chi connectivity index (χ0) is 8.27. The van der Waals surface area contributed by atoms with Gasteiger partial charge in [0.05, 0.1) is 0 Å². The van der Waals surface area contributed by atoms with E-state index >= 15 is 0 Å². The largest absolute Gasteiger partial charge is 0.479 e. The molecule has 3 heteroatoms. The second-order valence-corrected chi connectivity index (χ2v) is 2.73. The molecule has 0 saturated carbocycles. The first-order valence-electron chi connectivity index (χ1n) is 3.77. The van der Waals surface area contributed by atoms with Crippen molar-refractivity contribution in [3.8, 4) is 0 Å². The van der Waals surface area contributed by atoms with Crippen molar-refractivity contribution in [3.63, 3.8) is 0 Å². The molecule has 0 saturated heterocycles. The summed E-state index contributed by atoms with van der Waals surface area (Å²) in [7, 11) is 0. The molecule has 0 aromatic rings. The molecule has 1 aliphatic carbocycles. The molecule has 0 radical (unpaired) electrons. The van der Waals surface area contributed by atoms with Gasteiger partial charge in [0, 0.05) is 0 Å². The van der Waals surface area contributed by atoms with E-state index in [9.17, 15) is 9.18 Å². The summed E-state index contributed by atoms with van der Waals surface area (Å²) in [5, 5.41) is 8.32. The zero-order valence-electron chi connectivity index (χ0n) is 6.22. The van der Waals surface area contributed by atoms with Gasteiger partial charge in [-0.15, -0.1) is 0 Å². The van der Waals surface area contributed by atoms with Gasteiger partial charge in [-0.2, -0.15) is 0 Å². The van der Waals surface area contributed by atoms with Crippen molar-refractivity contribution in [2.75, 3.05) is 0 Å². The van der Waals surface area contributed by atoms with E-state index in [-0.39, 0.29) is 0 Å². The summed E-state index contributed by atoms with van der Waals surface area (Å²) in [4.78, 5) is 10.2. The van der Waals surface area contributed by atoms with E-state index < -0.39 is 12.1 Å². The smallest absolute Gasteiger partial charge is 0.342 e. The highest BCUT2D eigenvalue weighted by Gasteiger charge is 2.21. The van der Waals surface area contributed by atoms with Crippen molar-refractivity contribution in [2.45, 2.75) is 31.9 Å². The van der Waals surface area contributed by atoms with Crippen LogP contribution in [0.3, 0.4) is 0 Å². The Balaban J connectivity index is 2.58. The minimum absolute atomic E-state index is 0.448. The summed E-state index contributed by atoms with van der Waals surface area (Å²) in [6.07, 6.45) is 3.34. The molecule has 1 rings (SSSR count). The lowest BCUT2D eigenvalue weighted by atomic mass is 9.96. The first-order valence-corrected chi connectivity index (χ1v) is 3.77. The number of halogens is 1. The van der Waals surface area contributed by atoms with E-state index in [1.54, 1.807) is 6.08 Å². The molecule has 0 aromatic heterocycles. The molecule has 1 atom stereocenters. The van der Waals surface area contributed by atoms with Crippen LogP contribution in [0.4, 0.5) is 4.39 Å². The van der Waals surface area contributed by atoms with E-state index in [1.165, 1.54) is 0 Å². The first-order chi connectivity index (χ1) is 5.22. The van der Waals surface area contributed by atoms with Crippen LogP contribution in [-0.2, 0) is 4.79 Å². The quantitative estimate of drug-likeness (QED) is 0.623. The molecule has 0 aromatic carbocycles. The molecule has 1 unspecified atom stereocenters. The van der Waals surface area contributed by atoms with Gasteiger partial charge < -0.3 is 5.11 Å². The molecule has 0 heterocycles. The average Bonchev–Trinajstić information content (AvgIpc) is 2.05. The number of carboxylic acid groups (broad SMARTS) is 1. The van der Waals surface area contributed by atoms with Crippen LogP contribution in [0, 0.1) is 0 Å². The first kappa shape index (κ1) is 8.24. The number of hydrogen-bond donors (Lipinski definition) is 1. The zero-order valence-corrected chi connectivity index (χ0v) is 6.22. The molecule has 11 heavy (non-hydrogen) atoms. The summed E-state index contributed by atoms with van der Waals surface area (Å²) in [5.74, 6) is -1.36. The fourth-order valence-electron chi connectivity index (χ4n) is 1.25. The normalized spacial score (nSPS) is 20.6. The number of carboxylic acids is 1. The summed E-state index contributed by atoms with van der Waals surface area (Å²) in [5.41, 5.74) is 0.448. The van der Waals surface area contributed by atoms with Gasteiger partial charge >= 0.3 is 5.97 Å². The summed E-state index contributed by atoms with van der Waals surface area (Å²) in [6.45, 7) is 0. The van der Waals surface area contributed by atoms with Gasteiger partial charge in [0.15, 0.2) is 0 Å². The van der Waals surface area contributed by atoms with Crippen LogP contribution < -0.4 is 0 Å². The third-order valence-corrected chi connectivity index (χ3v) is 1.87. The van der Waals surface area contributed by atoms with E-state index in [0.717, 1.165) is 19.3 Å². The Labute approximate surface area is 64.7 Å². The summed E-state index contributed by atoms with van der Waals surface area (Å²) in [6, 6.07) is 0. The third kappa shape index (κ3) is 2.03. The van der Waals surface area contributed by atoms with Crippen LogP contribution in [0.15, 0.2) is 11.6 Å². The Morgan fingerprint density at radius 2 is 2.36 bits per heavy atom. The Morgan fingerprint density at radius 3 is 2.82 bits per heavy atom. The number of alkyl halides is 1. The summed E-state index contributed by atoms with van der Waals surface area (Å²) < 4.78 is 12.7. The predicted octanol–water partition coefficient (Wildman–Crippen LogP) is 1.91. The maximum absolute atomic E-state index is 12.7. The van der Waals surface area contributed by atoms with E-state index in [1.807, 2.05) is 0 Å². The van der Waals surface area contributed by atoms with E-state index in [4.69, 9.17) is 5.11 Å². The number of hydrogen-bond acceptors (Lipinski definition) is 1. The van der Waals surface area contributed by atoms with Gasteiger partial charge in [0.1, 0.15) is 0 Å². The lowest BCUT2D eigenvalue weighted by Crippen LogP contribution is -2.18. The van der Waals surface area contributed by atoms with Gasteiger partial charge in [0.2, 0.25) is 6.17 Å². The van der Waals surface area contributed by atoms with Gasteiger partial charge in [-0.1, -0.05) is 6.08 Å². The van der Waals surface area contributed by atoms with Crippen LogP contribution in [-0.4, -0.2) is 17.2 Å². The standard InChI is InChI=1S/C8H11FO2/c9-7(8(10)11)6-4-2-1-3-5-6/h4,7H,1-3,5H2,(H,10,11). The molecule has 0 amide bonds. The second kappa shape index (κ2) is 3.51. The molecule has 1 aliphatic rings. The lowest BCUT2D eigenvalue weighted by Gasteiger charge is -2.13. The van der Waals surface area contributed by atoms with E-state index in [0.29, 0.717) is 12.0 Å². The maximum Gasteiger partial charge on any atom is 0.342 e. The van der Waals surface area contributed by atoms with Gasteiger partial charge in [-0.3, -0.25) is 0 Å². The Hall–Kier alpha value is -0.860. The highest BCUT2D eigenvalue weighted by molar-refractivity contribution is 5.76. The number of allylic oxidation sites excluding steroid dienone is 1. The highest BCUT2D eigenvalue weighted by atomic mass is 19.1. The Morgan fingerprint density at radius 1 is 1.64 bits per heavy atom. The van der Waals surface area contributed by atoms with Crippen molar-refractivity contribution in [1.82, 2.24) is 0 Å². The minimum Gasteiger partial charge on any atom is -0.479 e. The van der Waals surface area contributed by atoms with Crippen molar-refractivity contribution in [1.29, 1.82) is 0 Å². The van der Waals surface area contributed by atoms with Crippen LogP contribution in [0.5, 0.6) is 0 Å². The predicted molar refractivity (Wildman–Crippen MR) is 39.1 cm³/mol. The fraction of sp³-hybridized carbons (Fsp3) is 0.625. The SMILES string of the molecule is O=C(O)C(F)C1=CCCCC1. The van der Waals surface area contributed by atoms with Crippen LogP contribution in [0.2, 0.25) is 0 Å². The molecular formula is C8H11FO2. The van der Waals surface area contributed by atoms with Crippen LogP contribution >= 0.6 is 0 Å². The molecule has 62 valence electrons. The monoisotopic (exact) mass is 158 g/mol. The fourth-order valence-corrected chi connectivity index (χ4v) is 1.25. The maximum atomic E-state index is 12.7. The molecule has 0 aliphatic heterocycles. The molecule has 2 nitrogen and oxygen atoms in total. The number of rotatable bonds is 2. The number of aliphatic carboxylic acids is 1. The van der Waals surface area contributed by atoms with Gasteiger partial charge in [0.25, 0.3) is 0 Å². The molecule has 1 N–H and O–H groups in total. The molecular weight excluding hydrogens is 147 g/mol. The van der Waals surface area contributed by atoms with Crippen molar-refractivity contribution >= 4 is 5.97 Å². The Bertz CT molecular complexity index is 187. The third-order valence-electron chi connectivity index (χ3n) is 1.87. The van der Waals surface area contributed by atoms with E-state index in [2.05, 4.69) is 0 Å². The summed E-state index contributed by atoms with van der Waals surface area (Å²) >= 11 is 0. The average molecular weight is 158 g/mol.